The van der Waals surface area contributed by atoms with Gasteiger partial charge in [0, 0.05) is 51.5 Å². The number of carboxylic acid groups (broad SMARTS) is 1. The van der Waals surface area contributed by atoms with Crippen LogP contribution >= 0.6 is 0 Å². The highest BCUT2D eigenvalue weighted by molar-refractivity contribution is 5.80. The van der Waals surface area contributed by atoms with E-state index < -0.39 is 11.5 Å². The smallest absolute Gasteiger partial charge is 0.303 e. The molecule has 2 N–H and O–H groups in total. The van der Waals surface area contributed by atoms with Crippen LogP contribution in [0.15, 0.2) is 18.2 Å². The van der Waals surface area contributed by atoms with Gasteiger partial charge in [-0.3, -0.25) is 19.3 Å². The quantitative estimate of drug-likeness (QED) is 0.711. The summed E-state index contributed by atoms with van der Waals surface area (Å²) in [5.41, 5.74) is 3.21. The lowest BCUT2D eigenvalue weighted by molar-refractivity contribution is -0.137. The fraction of sp³-hybridized carbons (Fsp3) is 0.571. The lowest BCUT2D eigenvalue weighted by Crippen LogP contribution is -2.43. The fourth-order valence-corrected chi connectivity index (χ4v) is 4.24. The number of carbonyl (C=O) groups excluding carboxylic acids is 2. The van der Waals surface area contributed by atoms with Crippen LogP contribution in [0.4, 0.5) is 0 Å². The van der Waals surface area contributed by atoms with E-state index in [1.807, 2.05) is 0 Å². The normalized spacial score (nSPS) is 21.4. The van der Waals surface area contributed by atoms with Crippen LogP contribution in [0.1, 0.15) is 55.2 Å². The minimum Gasteiger partial charge on any atom is -0.481 e. The summed E-state index contributed by atoms with van der Waals surface area (Å²) in [6, 6.07) is 6.39. The lowest BCUT2D eigenvalue weighted by atomic mass is 9.86. The first kappa shape index (κ1) is 20.3. The van der Waals surface area contributed by atoms with E-state index in [0.29, 0.717) is 38.6 Å². The van der Waals surface area contributed by atoms with Gasteiger partial charge in [0.2, 0.25) is 11.8 Å². The van der Waals surface area contributed by atoms with Crippen LogP contribution in [-0.4, -0.2) is 52.3 Å². The average molecular weight is 387 g/mol. The van der Waals surface area contributed by atoms with Crippen molar-refractivity contribution in [3.63, 3.8) is 0 Å². The molecule has 0 radical (unpaired) electrons. The molecule has 1 atom stereocenters. The highest BCUT2D eigenvalue weighted by Crippen LogP contribution is 2.30. The van der Waals surface area contributed by atoms with Crippen molar-refractivity contribution >= 4 is 17.8 Å². The third-order valence-corrected chi connectivity index (χ3v) is 5.87. The Kier molecular flexibility index (Phi) is 6.03. The van der Waals surface area contributed by atoms with Crippen molar-refractivity contribution in [3.05, 3.63) is 34.9 Å². The maximum atomic E-state index is 12.6. The van der Waals surface area contributed by atoms with E-state index in [1.54, 1.807) is 11.9 Å². The lowest BCUT2D eigenvalue weighted by Gasteiger charge is -2.29. The number of rotatable bonds is 8. The van der Waals surface area contributed by atoms with E-state index in [4.69, 9.17) is 5.11 Å². The number of amides is 2. The Labute approximate surface area is 165 Å². The summed E-state index contributed by atoms with van der Waals surface area (Å²) in [5, 5.41) is 11.9. The van der Waals surface area contributed by atoms with Crippen LogP contribution in [0, 0.1) is 0 Å². The first-order chi connectivity index (χ1) is 13.3. The average Bonchev–Trinajstić information content (AvgIpc) is 3.19. The summed E-state index contributed by atoms with van der Waals surface area (Å²) in [6.45, 7) is 2.45. The van der Waals surface area contributed by atoms with Crippen molar-refractivity contribution in [1.29, 1.82) is 0 Å². The summed E-state index contributed by atoms with van der Waals surface area (Å²) < 4.78 is 0. The van der Waals surface area contributed by atoms with Crippen molar-refractivity contribution < 1.29 is 19.5 Å². The molecule has 7 heteroatoms. The molecule has 0 spiro atoms. The van der Waals surface area contributed by atoms with Gasteiger partial charge in [-0.2, -0.15) is 0 Å². The minimum absolute atomic E-state index is 0.00607. The van der Waals surface area contributed by atoms with Gasteiger partial charge in [-0.15, -0.1) is 0 Å². The molecule has 1 saturated heterocycles. The number of hydrogen-bond acceptors (Lipinski definition) is 4. The first-order valence-corrected chi connectivity index (χ1v) is 9.82. The van der Waals surface area contributed by atoms with Gasteiger partial charge in [0.25, 0.3) is 0 Å². The molecular formula is C21H29N3O4. The number of nitrogens with one attached hydrogen (secondary N) is 1. The van der Waals surface area contributed by atoms with E-state index in [9.17, 15) is 14.4 Å². The molecule has 0 bridgehead atoms. The Morgan fingerprint density at radius 1 is 1.21 bits per heavy atom. The molecule has 0 saturated carbocycles. The third-order valence-electron chi connectivity index (χ3n) is 5.87. The highest BCUT2D eigenvalue weighted by Gasteiger charge is 2.38. The molecule has 2 aliphatic rings. The number of carbonyl (C=O) groups is 3. The number of hydrogen-bond donors (Lipinski definition) is 2. The number of nitrogens with zero attached hydrogens (tertiary/aromatic N) is 2. The van der Waals surface area contributed by atoms with Gasteiger partial charge in [0.05, 0.1) is 0 Å². The predicted molar refractivity (Wildman–Crippen MR) is 104 cm³/mol. The van der Waals surface area contributed by atoms with Gasteiger partial charge in [-0.1, -0.05) is 18.2 Å². The van der Waals surface area contributed by atoms with E-state index in [1.165, 1.54) is 11.1 Å². The van der Waals surface area contributed by atoms with Crippen molar-refractivity contribution in [3.8, 4) is 0 Å². The fourth-order valence-electron chi connectivity index (χ4n) is 4.24. The zero-order valence-corrected chi connectivity index (χ0v) is 16.7. The Bertz CT molecular complexity index is 779. The second-order valence-corrected chi connectivity index (χ2v) is 8.25. The molecule has 0 aromatic heterocycles. The number of benzene rings is 1. The molecule has 28 heavy (non-hydrogen) atoms. The van der Waals surface area contributed by atoms with Crippen LogP contribution in [-0.2, 0) is 34.0 Å². The maximum Gasteiger partial charge on any atom is 0.303 e. The van der Waals surface area contributed by atoms with Crippen molar-refractivity contribution in [2.75, 3.05) is 14.1 Å². The summed E-state index contributed by atoms with van der Waals surface area (Å²) in [4.78, 5) is 39.2. The maximum absolute atomic E-state index is 12.6. The van der Waals surface area contributed by atoms with Gasteiger partial charge >= 0.3 is 5.97 Å². The van der Waals surface area contributed by atoms with Crippen LogP contribution < -0.4 is 5.32 Å². The standard InChI is InChI=1S/C21H29N3O4/c1-23-13-16-4-3-15(11-17(16)14-23)12-24(2)19(26)6-9-21(10-7-20(27)28)8-5-18(25)22-21/h3-4,11H,5-10,12-14H2,1-2H3,(H,22,25)(H,27,28). The largest absolute Gasteiger partial charge is 0.481 e. The first-order valence-electron chi connectivity index (χ1n) is 9.82. The van der Waals surface area contributed by atoms with Gasteiger partial charge in [-0.05, 0) is 43.0 Å². The second-order valence-electron chi connectivity index (χ2n) is 8.25. The summed E-state index contributed by atoms with van der Waals surface area (Å²) >= 11 is 0. The molecule has 1 aromatic carbocycles. The van der Waals surface area contributed by atoms with E-state index in [2.05, 4.69) is 35.5 Å². The topological polar surface area (TPSA) is 90.0 Å². The molecule has 7 nitrogen and oxygen atoms in total. The molecule has 0 aliphatic carbocycles. The van der Waals surface area contributed by atoms with Gasteiger partial charge in [0.1, 0.15) is 0 Å². The number of aliphatic carboxylic acids is 1. The summed E-state index contributed by atoms with van der Waals surface area (Å²) in [5.74, 6) is -0.936. The van der Waals surface area contributed by atoms with E-state index >= 15 is 0 Å². The Morgan fingerprint density at radius 3 is 2.61 bits per heavy atom. The van der Waals surface area contributed by atoms with Gasteiger partial charge in [0.15, 0.2) is 0 Å². The van der Waals surface area contributed by atoms with Crippen LogP contribution in [0.3, 0.4) is 0 Å². The Morgan fingerprint density at radius 2 is 1.93 bits per heavy atom. The highest BCUT2D eigenvalue weighted by atomic mass is 16.4. The van der Waals surface area contributed by atoms with Crippen molar-refractivity contribution in [1.82, 2.24) is 15.1 Å². The SMILES string of the molecule is CN1Cc2ccc(CN(C)C(=O)CCC3(CCC(=O)O)CCC(=O)N3)cc2C1. The monoisotopic (exact) mass is 387 g/mol. The molecule has 3 rings (SSSR count). The van der Waals surface area contributed by atoms with Crippen LogP contribution in [0.25, 0.3) is 0 Å². The predicted octanol–water partition coefficient (Wildman–Crippen LogP) is 1.88. The number of carboxylic acids is 1. The number of fused-ring (bicyclic) bond motifs is 1. The zero-order chi connectivity index (χ0) is 20.3. The van der Waals surface area contributed by atoms with Gasteiger partial charge in [-0.25, -0.2) is 0 Å². The van der Waals surface area contributed by atoms with Gasteiger partial charge < -0.3 is 15.3 Å². The van der Waals surface area contributed by atoms with E-state index in [0.717, 1.165) is 18.7 Å². The molecule has 1 fully saturated rings. The molecule has 2 aliphatic heterocycles. The molecule has 1 unspecified atom stereocenters. The van der Waals surface area contributed by atoms with Crippen molar-refractivity contribution in [2.45, 2.75) is 63.7 Å². The summed E-state index contributed by atoms with van der Waals surface area (Å²) in [6.07, 6.45) is 2.12. The van der Waals surface area contributed by atoms with Crippen LogP contribution in [0.5, 0.6) is 0 Å². The molecule has 2 amide bonds. The second kappa shape index (κ2) is 8.31. The molecular weight excluding hydrogens is 358 g/mol. The minimum atomic E-state index is -0.883. The molecule has 152 valence electrons. The summed E-state index contributed by atoms with van der Waals surface area (Å²) in [7, 11) is 3.89. The Balaban J connectivity index is 1.55. The molecule has 1 aromatic rings. The van der Waals surface area contributed by atoms with Crippen molar-refractivity contribution in [2.24, 2.45) is 0 Å². The molecule has 2 heterocycles. The zero-order valence-electron chi connectivity index (χ0n) is 16.7. The third kappa shape index (κ3) is 4.90. The van der Waals surface area contributed by atoms with E-state index in [-0.39, 0.29) is 18.2 Å². The Hall–Kier alpha value is -2.41. The van der Waals surface area contributed by atoms with Crippen LogP contribution in [0.2, 0.25) is 0 Å².